The van der Waals surface area contributed by atoms with Crippen molar-refractivity contribution < 1.29 is 5.11 Å². The Morgan fingerprint density at radius 2 is 1.44 bits per heavy atom. The monoisotopic (exact) mass is 237 g/mol. The summed E-state index contributed by atoms with van der Waals surface area (Å²) in [6, 6.07) is 16.3. The fourth-order valence-corrected chi connectivity index (χ4v) is 2.08. The van der Waals surface area contributed by atoms with E-state index in [2.05, 4.69) is 4.98 Å². The molecule has 0 saturated heterocycles. The summed E-state index contributed by atoms with van der Waals surface area (Å²) in [4.78, 5) is 14.7. The molecule has 18 heavy (non-hydrogen) atoms. The molecule has 0 aliphatic rings. The van der Waals surface area contributed by atoms with Crippen LogP contribution in [0.15, 0.2) is 59.4 Å². The van der Waals surface area contributed by atoms with Gasteiger partial charge in [-0.1, -0.05) is 48.5 Å². The topological polar surface area (TPSA) is 53.1 Å². The lowest BCUT2D eigenvalue weighted by Crippen LogP contribution is -2.07. The van der Waals surface area contributed by atoms with Crippen molar-refractivity contribution in [2.45, 2.75) is 0 Å². The summed E-state index contributed by atoms with van der Waals surface area (Å²) in [5.74, 6) is 0.108. The Labute approximate surface area is 103 Å². The number of rotatable bonds is 1. The molecule has 88 valence electrons. The number of aromatic nitrogens is 1. The molecule has 0 aliphatic heterocycles. The van der Waals surface area contributed by atoms with E-state index in [1.807, 2.05) is 30.3 Å². The zero-order chi connectivity index (χ0) is 12.5. The normalized spacial score (nSPS) is 10.7. The first kappa shape index (κ1) is 10.6. The van der Waals surface area contributed by atoms with Crippen LogP contribution in [0.3, 0.4) is 0 Å². The van der Waals surface area contributed by atoms with Crippen molar-refractivity contribution in [3.05, 3.63) is 65.0 Å². The van der Waals surface area contributed by atoms with Crippen LogP contribution in [0.1, 0.15) is 0 Å². The molecule has 3 rings (SSSR count). The van der Waals surface area contributed by atoms with E-state index < -0.39 is 0 Å². The Morgan fingerprint density at radius 3 is 2.17 bits per heavy atom. The third-order valence-corrected chi connectivity index (χ3v) is 2.96. The van der Waals surface area contributed by atoms with Crippen LogP contribution in [0.2, 0.25) is 0 Å². The Hall–Kier alpha value is -2.55. The van der Waals surface area contributed by atoms with Gasteiger partial charge in [-0.2, -0.15) is 0 Å². The summed E-state index contributed by atoms with van der Waals surface area (Å²) in [7, 11) is 0. The molecule has 0 amide bonds. The predicted octanol–water partition coefficient (Wildman–Crippen LogP) is 2.90. The number of aromatic hydroxyl groups is 1. The molecule has 0 fully saturated rings. The van der Waals surface area contributed by atoms with Gasteiger partial charge in [0.05, 0.1) is 11.1 Å². The summed E-state index contributed by atoms with van der Waals surface area (Å²) in [6.45, 7) is 0. The maximum absolute atomic E-state index is 12.0. The molecule has 1 aromatic heterocycles. The third-order valence-electron chi connectivity index (χ3n) is 2.96. The number of benzene rings is 2. The van der Waals surface area contributed by atoms with Gasteiger partial charge in [-0.15, -0.1) is 0 Å². The number of aromatic amines is 1. The van der Waals surface area contributed by atoms with Gasteiger partial charge in [0.15, 0.2) is 0 Å². The maximum Gasteiger partial charge on any atom is 0.256 e. The first-order valence-corrected chi connectivity index (χ1v) is 5.67. The molecular weight excluding hydrogens is 226 g/mol. The first-order valence-electron chi connectivity index (χ1n) is 5.67. The van der Waals surface area contributed by atoms with E-state index in [9.17, 15) is 9.90 Å². The standard InChI is InChI=1S/C15H11NO2/c17-14-11-8-4-5-9-12(11)15(18)16-13(14)10-6-2-1-3-7-10/h1-9,17H,(H,16,18). The van der Waals surface area contributed by atoms with Gasteiger partial charge in [-0.3, -0.25) is 4.79 Å². The number of pyridine rings is 1. The molecule has 3 nitrogen and oxygen atoms in total. The molecule has 0 unspecified atom stereocenters. The highest BCUT2D eigenvalue weighted by Crippen LogP contribution is 2.31. The number of hydrogen-bond acceptors (Lipinski definition) is 2. The van der Waals surface area contributed by atoms with Crippen LogP contribution < -0.4 is 5.56 Å². The van der Waals surface area contributed by atoms with E-state index in [1.165, 1.54) is 0 Å². The van der Waals surface area contributed by atoms with Crippen molar-refractivity contribution in [3.63, 3.8) is 0 Å². The summed E-state index contributed by atoms with van der Waals surface area (Å²) in [5, 5.41) is 11.3. The Bertz CT molecular complexity index is 760. The Kier molecular flexibility index (Phi) is 2.38. The minimum atomic E-state index is -0.192. The molecule has 3 heteroatoms. The molecule has 0 atom stereocenters. The van der Waals surface area contributed by atoms with Gasteiger partial charge >= 0.3 is 0 Å². The highest BCUT2D eigenvalue weighted by atomic mass is 16.3. The summed E-state index contributed by atoms with van der Waals surface area (Å²) >= 11 is 0. The van der Waals surface area contributed by atoms with E-state index in [4.69, 9.17) is 0 Å². The molecule has 0 radical (unpaired) electrons. The average molecular weight is 237 g/mol. The van der Waals surface area contributed by atoms with Crippen LogP contribution >= 0.6 is 0 Å². The van der Waals surface area contributed by atoms with Crippen LogP contribution in [-0.2, 0) is 0 Å². The van der Waals surface area contributed by atoms with Crippen molar-refractivity contribution in [3.8, 4) is 17.0 Å². The van der Waals surface area contributed by atoms with Crippen molar-refractivity contribution in [1.82, 2.24) is 4.98 Å². The van der Waals surface area contributed by atoms with E-state index in [0.717, 1.165) is 5.56 Å². The second-order valence-electron chi connectivity index (χ2n) is 4.09. The lowest BCUT2D eigenvalue weighted by atomic mass is 10.1. The molecule has 0 saturated carbocycles. The maximum atomic E-state index is 12.0. The zero-order valence-corrected chi connectivity index (χ0v) is 9.55. The van der Waals surface area contributed by atoms with Gasteiger partial charge in [0.1, 0.15) is 5.75 Å². The molecule has 0 aliphatic carbocycles. The quantitative estimate of drug-likeness (QED) is 0.683. The minimum absolute atomic E-state index is 0.108. The molecule has 0 bridgehead atoms. The van der Waals surface area contributed by atoms with Gasteiger partial charge in [-0.25, -0.2) is 0 Å². The second-order valence-corrected chi connectivity index (χ2v) is 4.09. The molecule has 3 aromatic rings. The number of fused-ring (bicyclic) bond motifs is 1. The van der Waals surface area contributed by atoms with Crippen LogP contribution in [0.4, 0.5) is 0 Å². The van der Waals surface area contributed by atoms with Gasteiger partial charge in [0, 0.05) is 10.9 Å². The summed E-state index contributed by atoms with van der Waals surface area (Å²) < 4.78 is 0. The molecule has 2 N–H and O–H groups in total. The van der Waals surface area contributed by atoms with E-state index in [1.54, 1.807) is 24.3 Å². The van der Waals surface area contributed by atoms with Crippen LogP contribution in [0, 0.1) is 0 Å². The third kappa shape index (κ3) is 1.57. The van der Waals surface area contributed by atoms with Gasteiger partial charge in [0.2, 0.25) is 0 Å². The lowest BCUT2D eigenvalue weighted by Gasteiger charge is -2.07. The number of H-pyrrole nitrogens is 1. The van der Waals surface area contributed by atoms with Crippen molar-refractivity contribution >= 4 is 10.8 Å². The largest absolute Gasteiger partial charge is 0.505 e. The van der Waals surface area contributed by atoms with E-state index in [-0.39, 0.29) is 11.3 Å². The highest BCUT2D eigenvalue weighted by molar-refractivity contribution is 5.92. The molecule has 2 aromatic carbocycles. The average Bonchev–Trinajstić information content (AvgIpc) is 2.44. The number of nitrogens with one attached hydrogen (secondary N) is 1. The van der Waals surface area contributed by atoms with E-state index >= 15 is 0 Å². The van der Waals surface area contributed by atoms with Crippen LogP contribution in [-0.4, -0.2) is 10.1 Å². The van der Waals surface area contributed by atoms with Crippen LogP contribution in [0.5, 0.6) is 5.75 Å². The van der Waals surface area contributed by atoms with Gasteiger partial charge in [0.25, 0.3) is 5.56 Å². The number of hydrogen-bond donors (Lipinski definition) is 2. The minimum Gasteiger partial charge on any atom is -0.505 e. The lowest BCUT2D eigenvalue weighted by molar-refractivity contribution is 0.481. The fourth-order valence-electron chi connectivity index (χ4n) is 2.08. The Balaban J connectivity index is 2.39. The van der Waals surface area contributed by atoms with Gasteiger partial charge in [-0.05, 0) is 6.07 Å². The zero-order valence-electron chi connectivity index (χ0n) is 9.55. The predicted molar refractivity (Wildman–Crippen MR) is 71.7 cm³/mol. The van der Waals surface area contributed by atoms with Crippen molar-refractivity contribution in [2.75, 3.05) is 0 Å². The first-order chi connectivity index (χ1) is 8.77. The highest BCUT2D eigenvalue weighted by Gasteiger charge is 2.10. The second kappa shape index (κ2) is 4.04. The van der Waals surface area contributed by atoms with Crippen LogP contribution in [0.25, 0.3) is 22.0 Å². The molecular formula is C15H11NO2. The summed E-state index contributed by atoms with van der Waals surface area (Å²) in [5.41, 5.74) is 1.06. The smallest absolute Gasteiger partial charge is 0.256 e. The SMILES string of the molecule is O=c1[nH]c(-c2ccccc2)c(O)c2ccccc12. The summed E-state index contributed by atoms with van der Waals surface area (Å²) in [6.07, 6.45) is 0. The molecule has 1 heterocycles. The fraction of sp³-hybridized carbons (Fsp3) is 0. The van der Waals surface area contributed by atoms with Crippen molar-refractivity contribution in [2.24, 2.45) is 0 Å². The van der Waals surface area contributed by atoms with E-state index in [0.29, 0.717) is 16.5 Å². The molecule has 0 spiro atoms. The Morgan fingerprint density at radius 1 is 0.833 bits per heavy atom. The van der Waals surface area contributed by atoms with Gasteiger partial charge < -0.3 is 10.1 Å². The van der Waals surface area contributed by atoms with Crippen molar-refractivity contribution in [1.29, 1.82) is 0 Å².